The molecular formula is C14H19Cl2N3OS. The Labute approximate surface area is 140 Å². The molecule has 0 aliphatic rings. The van der Waals surface area contributed by atoms with Crippen molar-refractivity contribution in [3.8, 4) is 0 Å². The van der Waals surface area contributed by atoms with Gasteiger partial charge >= 0.3 is 0 Å². The van der Waals surface area contributed by atoms with Gasteiger partial charge in [0.15, 0.2) is 5.17 Å². The van der Waals surface area contributed by atoms with Gasteiger partial charge in [-0.3, -0.25) is 0 Å². The van der Waals surface area contributed by atoms with Crippen LogP contribution in [0.4, 0.5) is 5.69 Å². The number of thioether (sulfide) groups is 1. The number of ether oxygens (including phenoxy) is 1. The Morgan fingerprint density at radius 1 is 1.38 bits per heavy atom. The van der Waals surface area contributed by atoms with E-state index in [0.29, 0.717) is 10.0 Å². The van der Waals surface area contributed by atoms with Crippen molar-refractivity contribution in [3.63, 3.8) is 0 Å². The van der Waals surface area contributed by atoms with Crippen LogP contribution in [0.1, 0.15) is 12.8 Å². The molecule has 0 saturated carbocycles. The van der Waals surface area contributed by atoms with Crippen molar-refractivity contribution in [2.75, 3.05) is 31.4 Å². The molecule has 0 fully saturated rings. The Kier molecular flexibility index (Phi) is 8.76. The summed E-state index contributed by atoms with van der Waals surface area (Å²) >= 11 is 13.8. The molecule has 0 spiro atoms. The molecule has 0 unspecified atom stereocenters. The Balaban J connectivity index is 2.99. The van der Waals surface area contributed by atoms with Crippen LogP contribution < -0.4 is 4.90 Å². The number of rotatable bonds is 7. The van der Waals surface area contributed by atoms with Gasteiger partial charge in [0.05, 0.1) is 10.7 Å². The molecule has 0 aromatic heterocycles. The number of methoxy groups -OCH3 is 1. The summed E-state index contributed by atoms with van der Waals surface area (Å²) in [6.07, 6.45) is 3.85. The largest absolute Gasteiger partial charge is 0.385 e. The fourth-order valence-electron chi connectivity index (χ4n) is 1.80. The van der Waals surface area contributed by atoms with Gasteiger partial charge in [-0.25, -0.2) is 0 Å². The van der Waals surface area contributed by atoms with E-state index in [1.807, 2.05) is 23.3 Å². The summed E-state index contributed by atoms with van der Waals surface area (Å²) in [6, 6.07) is 5.42. The first-order valence-electron chi connectivity index (χ1n) is 6.43. The maximum Gasteiger partial charge on any atom is 0.189 e. The highest BCUT2D eigenvalue weighted by Gasteiger charge is 2.16. The van der Waals surface area contributed by atoms with E-state index < -0.39 is 0 Å². The lowest BCUT2D eigenvalue weighted by Gasteiger charge is -2.25. The Bertz CT molecular complexity index is 497. The van der Waals surface area contributed by atoms with Crippen LogP contribution in [-0.2, 0) is 4.74 Å². The molecule has 0 atom stereocenters. The van der Waals surface area contributed by atoms with Gasteiger partial charge in [0, 0.05) is 32.0 Å². The van der Waals surface area contributed by atoms with Crippen molar-refractivity contribution in [2.45, 2.75) is 12.8 Å². The number of benzene rings is 1. The minimum Gasteiger partial charge on any atom is -0.385 e. The van der Waals surface area contributed by atoms with E-state index >= 15 is 0 Å². The van der Waals surface area contributed by atoms with Crippen molar-refractivity contribution in [3.05, 3.63) is 28.2 Å². The molecule has 0 N–H and O–H groups in total. The van der Waals surface area contributed by atoms with Crippen molar-refractivity contribution in [1.29, 1.82) is 0 Å². The van der Waals surface area contributed by atoms with Crippen LogP contribution in [0, 0.1) is 0 Å². The van der Waals surface area contributed by atoms with Crippen LogP contribution in [0.3, 0.4) is 0 Å². The minimum atomic E-state index is 0.583. The first kappa shape index (κ1) is 18.3. The summed E-state index contributed by atoms with van der Waals surface area (Å²) in [7, 11) is 1.70. The predicted molar refractivity (Wildman–Crippen MR) is 95.4 cm³/mol. The van der Waals surface area contributed by atoms with Crippen LogP contribution in [0.5, 0.6) is 0 Å². The minimum absolute atomic E-state index is 0.583. The summed E-state index contributed by atoms with van der Waals surface area (Å²) in [5.41, 5.74) is 0.857. The third-order valence-electron chi connectivity index (χ3n) is 2.75. The van der Waals surface area contributed by atoms with Crippen molar-refractivity contribution < 1.29 is 4.74 Å². The summed E-state index contributed by atoms with van der Waals surface area (Å²) in [5, 5.41) is 9.63. The van der Waals surface area contributed by atoms with Crippen molar-refractivity contribution in [2.24, 2.45) is 10.2 Å². The molecule has 7 heteroatoms. The molecule has 0 aliphatic carbocycles. The van der Waals surface area contributed by atoms with Gasteiger partial charge in [-0.15, -0.1) is 5.10 Å². The third kappa shape index (κ3) is 5.87. The van der Waals surface area contributed by atoms with Crippen LogP contribution in [0.15, 0.2) is 28.4 Å². The average molecular weight is 348 g/mol. The zero-order valence-corrected chi connectivity index (χ0v) is 14.5. The molecule has 0 saturated heterocycles. The maximum absolute atomic E-state index is 6.30. The molecule has 0 heterocycles. The smallest absolute Gasteiger partial charge is 0.189 e. The fraction of sp³-hybridized carbons (Fsp3) is 0.429. The monoisotopic (exact) mass is 347 g/mol. The second-order valence-electron chi connectivity index (χ2n) is 4.18. The van der Waals surface area contributed by atoms with E-state index in [-0.39, 0.29) is 0 Å². The van der Waals surface area contributed by atoms with Crippen molar-refractivity contribution in [1.82, 2.24) is 0 Å². The fourth-order valence-corrected chi connectivity index (χ4v) is 2.86. The van der Waals surface area contributed by atoms with Gasteiger partial charge in [-0.05, 0) is 37.3 Å². The van der Waals surface area contributed by atoms with E-state index in [4.69, 9.17) is 27.9 Å². The summed E-state index contributed by atoms with van der Waals surface area (Å²) in [6.45, 7) is 4.91. The van der Waals surface area contributed by atoms with Crippen LogP contribution in [-0.4, -0.2) is 38.4 Å². The topological polar surface area (TPSA) is 37.2 Å². The van der Waals surface area contributed by atoms with E-state index in [0.717, 1.165) is 36.8 Å². The van der Waals surface area contributed by atoms with Gasteiger partial charge in [-0.1, -0.05) is 35.0 Å². The average Bonchev–Trinajstić information content (AvgIpc) is 2.46. The van der Waals surface area contributed by atoms with Gasteiger partial charge in [0.1, 0.15) is 0 Å². The van der Waals surface area contributed by atoms with Gasteiger partial charge in [0.25, 0.3) is 0 Å². The van der Waals surface area contributed by atoms with E-state index in [1.165, 1.54) is 11.8 Å². The number of hydrogen-bond donors (Lipinski definition) is 0. The van der Waals surface area contributed by atoms with Crippen molar-refractivity contribution >= 4 is 52.5 Å². The molecule has 0 amide bonds. The molecular weight excluding hydrogens is 329 g/mol. The van der Waals surface area contributed by atoms with Crippen LogP contribution >= 0.6 is 35.0 Å². The Hall–Kier alpha value is -0.750. The number of amidine groups is 1. The molecule has 0 radical (unpaired) electrons. The summed E-state index contributed by atoms with van der Waals surface area (Å²) in [4.78, 5) is 2.02. The van der Waals surface area contributed by atoms with Crippen LogP contribution in [0.25, 0.3) is 0 Å². The van der Waals surface area contributed by atoms with E-state index in [9.17, 15) is 0 Å². The lowest BCUT2D eigenvalue weighted by atomic mass is 10.2. The van der Waals surface area contributed by atoms with Gasteiger partial charge in [-0.2, -0.15) is 5.10 Å². The highest BCUT2D eigenvalue weighted by molar-refractivity contribution is 8.13. The maximum atomic E-state index is 6.30. The molecule has 1 rings (SSSR count). The quantitative estimate of drug-likeness (QED) is 0.314. The highest BCUT2D eigenvalue weighted by atomic mass is 35.5. The molecule has 4 nitrogen and oxygen atoms in total. The number of unbranched alkanes of at least 4 members (excludes halogenated alkanes) is 1. The van der Waals surface area contributed by atoms with Gasteiger partial charge in [0.2, 0.25) is 0 Å². The van der Waals surface area contributed by atoms with E-state index in [2.05, 4.69) is 16.9 Å². The second kappa shape index (κ2) is 10.1. The first-order chi connectivity index (χ1) is 10.1. The van der Waals surface area contributed by atoms with Crippen LogP contribution in [0.2, 0.25) is 10.0 Å². The Morgan fingerprint density at radius 2 is 2.14 bits per heavy atom. The number of anilines is 1. The molecule has 0 bridgehead atoms. The standard InChI is InChI=1S/C14H19Cl2N3OS/c1-17-18-14(21-3)19(8-4-5-9-20-2)13-7-6-11(15)10-12(13)16/h6-7,10H,1,4-5,8-9H2,2-3H3/b18-14+. The molecule has 0 aliphatic heterocycles. The first-order valence-corrected chi connectivity index (χ1v) is 8.41. The second-order valence-corrected chi connectivity index (χ2v) is 5.79. The van der Waals surface area contributed by atoms with E-state index in [1.54, 1.807) is 13.2 Å². The summed E-state index contributed by atoms with van der Waals surface area (Å²) < 4.78 is 5.08. The number of halogens is 2. The normalized spacial score (nSPS) is 11.5. The zero-order valence-electron chi connectivity index (χ0n) is 12.2. The summed E-state index contributed by atoms with van der Waals surface area (Å²) in [5.74, 6) is 0. The molecule has 21 heavy (non-hydrogen) atoms. The number of nitrogens with zero attached hydrogens (tertiary/aromatic N) is 3. The lowest BCUT2D eigenvalue weighted by molar-refractivity contribution is 0.193. The predicted octanol–water partition coefficient (Wildman–Crippen LogP) is 4.56. The number of hydrogen-bond acceptors (Lipinski definition) is 4. The molecule has 116 valence electrons. The molecule has 1 aromatic carbocycles. The third-order valence-corrected chi connectivity index (χ3v) is 3.96. The SMILES string of the molecule is C=N/N=C(/SC)N(CCCCOC)c1ccc(Cl)cc1Cl. The molecule has 1 aromatic rings. The lowest BCUT2D eigenvalue weighted by Crippen LogP contribution is -2.30. The Morgan fingerprint density at radius 3 is 2.71 bits per heavy atom. The van der Waals surface area contributed by atoms with Gasteiger partial charge < -0.3 is 9.64 Å². The highest BCUT2D eigenvalue weighted by Crippen LogP contribution is 2.30. The zero-order chi connectivity index (χ0) is 15.7.